The van der Waals surface area contributed by atoms with E-state index >= 15 is 0 Å². The average molecular weight is 763 g/mol. The molecule has 1 aliphatic rings. The first kappa shape index (κ1) is 46.7. The summed E-state index contributed by atoms with van der Waals surface area (Å²) in [4.78, 5) is 72.7. The maximum atomic E-state index is 12.6. The predicted molar refractivity (Wildman–Crippen MR) is 199 cm³/mol. The van der Waals surface area contributed by atoms with Gasteiger partial charge in [0.1, 0.15) is 23.5 Å². The highest BCUT2D eigenvalue weighted by Crippen LogP contribution is 2.40. The van der Waals surface area contributed by atoms with Gasteiger partial charge in [-0.15, -0.1) is 0 Å². The first-order valence-electron chi connectivity index (χ1n) is 17.6. The predicted octanol–water partition coefficient (Wildman–Crippen LogP) is 5.01. The molecule has 1 saturated carbocycles. The van der Waals surface area contributed by atoms with Gasteiger partial charge in [-0.25, -0.2) is 4.79 Å². The van der Waals surface area contributed by atoms with Crippen LogP contribution in [0.1, 0.15) is 121 Å². The molecule has 0 spiro atoms. The van der Waals surface area contributed by atoms with Crippen molar-refractivity contribution in [1.29, 1.82) is 0 Å². The number of carbonyl (C=O) groups excluding carboxylic acids is 4. The van der Waals surface area contributed by atoms with E-state index < -0.39 is 58.5 Å². The first-order valence-corrected chi connectivity index (χ1v) is 19.7. The van der Waals surface area contributed by atoms with E-state index in [0.29, 0.717) is 18.6 Å². The molecule has 51 heavy (non-hydrogen) atoms. The molecule has 0 saturated heterocycles. The Balaban J connectivity index is 2.39. The van der Waals surface area contributed by atoms with E-state index in [9.17, 15) is 39.0 Å². The molecular formula is C36H62N2O11S2. The van der Waals surface area contributed by atoms with Gasteiger partial charge in [0, 0.05) is 58.6 Å². The van der Waals surface area contributed by atoms with Crippen LogP contribution in [0.2, 0.25) is 0 Å². The summed E-state index contributed by atoms with van der Waals surface area (Å²) in [6.45, 7) is 18.7. The molecular weight excluding hydrogens is 701 g/mol. The third-order valence-electron chi connectivity index (χ3n) is 8.15. The SMILES string of the molecule is CC(C)(C)NC(CSC1CCC1SCC(NC(=O)CCC(=O)OC(C)(C)CCOC(C)(C)CCOC(=O)CCC(=O)C(C)(C)C)C(=O)O)C(=O)O. The van der Waals surface area contributed by atoms with Gasteiger partial charge >= 0.3 is 23.9 Å². The summed E-state index contributed by atoms with van der Waals surface area (Å²) in [7, 11) is 0. The summed E-state index contributed by atoms with van der Waals surface area (Å²) in [5, 5.41) is 25.2. The third kappa shape index (κ3) is 20.5. The quantitative estimate of drug-likeness (QED) is 0.0959. The third-order valence-corrected chi connectivity index (χ3v) is 11.4. The topological polar surface area (TPSA) is 195 Å². The summed E-state index contributed by atoms with van der Waals surface area (Å²) >= 11 is 3.02. The Hall–Kier alpha value is -2.36. The largest absolute Gasteiger partial charge is 0.480 e. The molecule has 0 aromatic rings. The molecule has 0 aromatic carbocycles. The van der Waals surface area contributed by atoms with Crippen molar-refractivity contribution in [2.24, 2.45) is 5.41 Å². The Morgan fingerprint density at radius 2 is 1.20 bits per heavy atom. The summed E-state index contributed by atoms with van der Waals surface area (Å²) in [6, 6.07) is -1.82. The fraction of sp³-hybridized carbons (Fsp3) is 0.833. The standard InChI is InChI=1S/C36H62N2O11S2/c1-33(2,3)27(39)13-15-29(41)47-19-17-35(7,8)48-20-18-36(9,10)49-30(42)16-14-28(40)37-23(31(43)44)21-50-25-11-12-26(25)51-22-24(32(45)46)38-34(4,5)6/h23-26,38H,11-22H2,1-10H3,(H,37,40)(H,43,44)(H,45,46). The van der Waals surface area contributed by atoms with Gasteiger partial charge in [-0.2, -0.15) is 23.5 Å². The van der Waals surface area contributed by atoms with Gasteiger partial charge < -0.3 is 29.7 Å². The second kappa shape index (κ2) is 20.8. The number of esters is 2. The lowest BCUT2D eigenvalue weighted by atomic mass is 9.88. The zero-order chi connectivity index (χ0) is 39.2. The van der Waals surface area contributed by atoms with Gasteiger partial charge in [0.2, 0.25) is 5.91 Å². The molecule has 15 heteroatoms. The van der Waals surface area contributed by atoms with Crippen molar-refractivity contribution in [2.75, 3.05) is 24.7 Å². The van der Waals surface area contributed by atoms with Crippen LogP contribution in [0, 0.1) is 5.41 Å². The summed E-state index contributed by atoms with van der Waals surface area (Å²) < 4.78 is 16.8. The fourth-order valence-corrected chi connectivity index (χ4v) is 7.85. The Morgan fingerprint density at radius 1 is 0.686 bits per heavy atom. The van der Waals surface area contributed by atoms with E-state index in [0.717, 1.165) is 12.8 Å². The van der Waals surface area contributed by atoms with E-state index in [1.165, 1.54) is 11.8 Å². The molecule has 0 aromatic heterocycles. The number of ether oxygens (including phenoxy) is 3. The number of Topliss-reactive ketones (excluding diaryl/α,β-unsaturated/α-hetero) is 1. The average Bonchev–Trinajstić information content (AvgIpc) is 2.95. The van der Waals surface area contributed by atoms with E-state index in [1.54, 1.807) is 25.6 Å². The second-order valence-corrected chi connectivity index (χ2v) is 18.8. The van der Waals surface area contributed by atoms with Crippen molar-refractivity contribution in [3.05, 3.63) is 0 Å². The van der Waals surface area contributed by atoms with Gasteiger partial charge in [-0.05, 0) is 61.3 Å². The number of amides is 1. The lowest BCUT2D eigenvalue weighted by Crippen LogP contribution is -2.49. The number of carboxylic acids is 2. The molecule has 0 radical (unpaired) electrons. The van der Waals surface area contributed by atoms with Crippen LogP contribution in [-0.2, 0) is 43.0 Å². The molecule has 0 aliphatic heterocycles. The van der Waals surface area contributed by atoms with Gasteiger partial charge in [0.05, 0.1) is 31.7 Å². The Bertz CT molecular complexity index is 1190. The number of ketones is 1. The molecule has 0 bridgehead atoms. The normalized spacial score (nSPS) is 17.8. The van der Waals surface area contributed by atoms with Crippen molar-refractivity contribution in [3.8, 4) is 0 Å². The van der Waals surface area contributed by atoms with Gasteiger partial charge in [-0.3, -0.25) is 29.3 Å². The van der Waals surface area contributed by atoms with Crippen LogP contribution in [0.4, 0.5) is 0 Å². The van der Waals surface area contributed by atoms with Crippen LogP contribution in [0.3, 0.4) is 0 Å². The maximum absolute atomic E-state index is 12.6. The summed E-state index contributed by atoms with van der Waals surface area (Å²) in [5.41, 5.74) is -2.35. The molecule has 4 N–H and O–H groups in total. The highest BCUT2D eigenvalue weighted by atomic mass is 32.2. The number of hydrogen-bond acceptors (Lipinski definition) is 12. The van der Waals surface area contributed by atoms with E-state index in [2.05, 4.69) is 10.6 Å². The van der Waals surface area contributed by atoms with Crippen LogP contribution < -0.4 is 10.6 Å². The molecule has 1 fully saturated rings. The fourth-order valence-electron chi connectivity index (χ4n) is 4.74. The minimum atomic E-state index is -1.17. The molecule has 294 valence electrons. The zero-order valence-corrected chi connectivity index (χ0v) is 33.8. The zero-order valence-electron chi connectivity index (χ0n) is 32.2. The second-order valence-electron chi connectivity index (χ2n) is 16.3. The first-order chi connectivity index (χ1) is 23.3. The lowest BCUT2D eigenvalue weighted by Gasteiger charge is -2.37. The number of hydrogen-bond donors (Lipinski definition) is 4. The Kier molecular flexibility index (Phi) is 19.0. The molecule has 1 rings (SSSR count). The van der Waals surface area contributed by atoms with Gasteiger partial charge in [0.15, 0.2) is 0 Å². The van der Waals surface area contributed by atoms with E-state index in [-0.39, 0.29) is 66.5 Å². The van der Waals surface area contributed by atoms with E-state index in [4.69, 9.17) is 14.2 Å². The smallest absolute Gasteiger partial charge is 0.327 e. The number of rotatable bonds is 24. The van der Waals surface area contributed by atoms with Crippen LogP contribution in [0.15, 0.2) is 0 Å². The highest BCUT2D eigenvalue weighted by Gasteiger charge is 2.35. The van der Waals surface area contributed by atoms with Crippen LogP contribution in [0.5, 0.6) is 0 Å². The van der Waals surface area contributed by atoms with Crippen molar-refractivity contribution in [1.82, 2.24) is 10.6 Å². The number of aliphatic carboxylic acids is 2. The highest BCUT2D eigenvalue weighted by molar-refractivity contribution is 8.04. The number of carboxylic acid groups (broad SMARTS) is 2. The summed E-state index contributed by atoms with van der Waals surface area (Å²) in [6.07, 6.45) is 2.32. The molecule has 4 atom stereocenters. The molecule has 4 unspecified atom stereocenters. The molecule has 0 heterocycles. The van der Waals surface area contributed by atoms with Crippen LogP contribution >= 0.6 is 23.5 Å². The molecule has 1 aliphatic carbocycles. The van der Waals surface area contributed by atoms with Crippen molar-refractivity contribution >= 4 is 59.1 Å². The minimum absolute atomic E-state index is 0.000690. The van der Waals surface area contributed by atoms with E-state index in [1.807, 2.05) is 55.4 Å². The van der Waals surface area contributed by atoms with Gasteiger partial charge in [0.25, 0.3) is 0 Å². The van der Waals surface area contributed by atoms with Crippen LogP contribution in [-0.4, -0.2) is 110 Å². The maximum Gasteiger partial charge on any atom is 0.327 e. The Labute approximate surface area is 312 Å². The van der Waals surface area contributed by atoms with Crippen molar-refractivity contribution in [2.45, 2.75) is 160 Å². The summed E-state index contributed by atoms with van der Waals surface area (Å²) in [5.74, 6) is -3.12. The van der Waals surface area contributed by atoms with Crippen molar-refractivity contribution < 1.29 is 53.2 Å². The lowest BCUT2D eigenvalue weighted by molar-refractivity contribution is -0.160. The number of carbonyl (C=O) groups is 6. The molecule has 1 amide bonds. The number of thioether (sulfide) groups is 2. The molecule has 13 nitrogen and oxygen atoms in total. The Morgan fingerprint density at radius 3 is 1.69 bits per heavy atom. The van der Waals surface area contributed by atoms with Gasteiger partial charge in [-0.1, -0.05) is 20.8 Å². The van der Waals surface area contributed by atoms with Crippen molar-refractivity contribution in [3.63, 3.8) is 0 Å². The monoisotopic (exact) mass is 762 g/mol. The minimum Gasteiger partial charge on any atom is -0.480 e. The number of nitrogens with one attached hydrogen (secondary N) is 2. The van der Waals surface area contributed by atoms with Crippen LogP contribution in [0.25, 0.3) is 0 Å².